The first-order valence-electron chi connectivity index (χ1n) is 5.04. The molecule has 0 bridgehead atoms. The van der Waals surface area contributed by atoms with Gasteiger partial charge in [-0.1, -0.05) is 0 Å². The van der Waals surface area contributed by atoms with Crippen molar-refractivity contribution in [1.29, 1.82) is 0 Å². The standard InChI is InChI=1S/C11H12F2N2O3/c1-6(16)15-10-8(12)3-7(4-9(10)13)5-18-11(17)14-2/h3-4H,5H2,1-2H3,(H,14,17)(H,15,16). The minimum Gasteiger partial charge on any atom is -0.445 e. The topological polar surface area (TPSA) is 67.4 Å². The number of halogens is 2. The van der Waals surface area contributed by atoms with Crippen molar-refractivity contribution in [3.05, 3.63) is 29.3 Å². The third-order valence-electron chi connectivity index (χ3n) is 1.98. The molecule has 18 heavy (non-hydrogen) atoms. The molecule has 0 atom stereocenters. The van der Waals surface area contributed by atoms with E-state index in [1.54, 1.807) is 0 Å². The molecule has 1 aromatic rings. The molecule has 5 nitrogen and oxygen atoms in total. The van der Waals surface area contributed by atoms with E-state index < -0.39 is 29.3 Å². The molecule has 0 aliphatic heterocycles. The quantitative estimate of drug-likeness (QED) is 0.868. The molecule has 7 heteroatoms. The van der Waals surface area contributed by atoms with Crippen LogP contribution >= 0.6 is 0 Å². The van der Waals surface area contributed by atoms with Gasteiger partial charge in [0.1, 0.15) is 23.9 Å². The number of nitrogens with one attached hydrogen (secondary N) is 2. The molecule has 0 saturated heterocycles. The molecule has 1 aromatic carbocycles. The molecular formula is C11H12F2N2O3. The molecule has 2 amide bonds. The molecule has 0 unspecified atom stereocenters. The molecular weight excluding hydrogens is 246 g/mol. The van der Waals surface area contributed by atoms with E-state index in [1.807, 2.05) is 5.32 Å². The average molecular weight is 258 g/mol. The molecule has 0 heterocycles. The first kappa shape index (κ1) is 13.9. The zero-order chi connectivity index (χ0) is 13.7. The Labute approximate surface area is 102 Å². The summed E-state index contributed by atoms with van der Waals surface area (Å²) >= 11 is 0. The van der Waals surface area contributed by atoms with Gasteiger partial charge >= 0.3 is 6.09 Å². The van der Waals surface area contributed by atoms with Crippen molar-refractivity contribution in [2.75, 3.05) is 12.4 Å². The molecule has 0 saturated carbocycles. The van der Waals surface area contributed by atoms with E-state index in [4.69, 9.17) is 0 Å². The normalized spacial score (nSPS) is 9.78. The van der Waals surface area contributed by atoms with Crippen molar-refractivity contribution in [3.8, 4) is 0 Å². The van der Waals surface area contributed by atoms with Crippen molar-refractivity contribution < 1.29 is 23.1 Å². The number of benzene rings is 1. The maximum absolute atomic E-state index is 13.5. The summed E-state index contributed by atoms with van der Waals surface area (Å²) in [6, 6.07) is 1.97. The van der Waals surface area contributed by atoms with E-state index >= 15 is 0 Å². The first-order chi connectivity index (χ1) is 8.43. The molecule has 0 aliphatic carbocycles. The van der Waals surface area contributed by atoms with E-state index in [0.29, 0.717) is 0 Å². The van der Waals surface area contributed by atoms with Gasteiger partial charge in [0.15, 0.2) is 0 Å². The smallest absolute Gasteiger partial charge is 0.407 e. The summed E-state index contributed by atoms with van der Waals surface area (Å²) in [7, 11) is 1.36. The Kier molecular flexibility index (Phi) is 4.59. The van der Waals surface area contributed by atoms with Crippen molar-refractivity contribution in [1.82, 2.24) is 5.32 Å². The second-order valence-corrected chi connectivity index (χ2v) is 3.44. The minimum absolute atomic E-state index is 0.141. The number of carbonyl (C=O) groups is 2. The zero-order valence-electron chi connectivity index (χ0n) is 9.84. The van der Waals surface area contributed by atoms with Crippen LogP contribution in [0.1, 0.15) is 12.5 Å². The van der Waals surface area contributed by atoms with Gasteiger partial charge in [-0.25, -0.2) is 13.6 Å². The molecule has 0 spiro atoms. The van der Waals surface area contributed by atoms with Gasteiger partial charge in [0.2, 0.25) is 5.91 Å². The Morgan fingerprint density at radius 3 is 2.28 bits per heavy atom. The summed E-state index contributed by atoms with van der Waals surface area (Å²) < 4.78 is 31.6. The van der Waals surface area contributed by atoms with Crippen LogP contribution in [0.15, 0.2) is 12.1 Å². The molecule has 98 valence electrons. The van der Waals surface area contributed by atoms with Crippen LogP contribution in [-0.4, -0.2) is 19.0 Å². The average Bonchev–Trinajstić information content (AvgIpc) is 2.30. The molecule has 1 rings (SSSR count). The van der Waals surface area contributed by atoms with Gasteiger partial charge < -0.3 is 15.4 Å². The number of anilines is 1. The summed E-state index contributed by atoms with van der Waals surface area (Å²) in [4.78, 5) is 21.5. The number of rotatable bonds is 3. The van der Waals surface area contributed by atoms with E-state index in [2.05, 4.69) is 10.1 Å². The number of carbonyl (C=O) groups excluding carboxylic acids is 2. The number of ether oxygens (including phenoxy) is 1. The highest BCUT2D eigenvalue weighted by Gasteiger charge is 2.13. The third-order valence-corrected chi connectivity index (χ3v) is 1.98. The Balaban J connectivity index is 2.85. The second-order valence-electron chi connectivity index (χ2n) is 3.44. The monoisotopic (exact) mass is 258 g/mol. The van der Waals surface area contributed by atoms with E-state index in [0.717, 1.165) is 19.1 Å². The highest BCUT2D eigenvalue weighted by molar-refractivity contribution is 5.88. The SMILES string of the molecule is CNC(=O)OCc1cc(F)c(NC(C)=O)c(F)c1. The van der Waals surface area contributed by atoms with E-state index in [1.165, 1.54) is 7.05 Å². The van der Waals surface area contributed by atoms with E-state index in [-0.39, 0.29) is 12.2 Å². The number of amides is 2. The van der Waals surface area contributed by atoms with Crippen LogP contribution in [0.5, 0.6) is 0 Å². The zero-order valence-corrected chi connectivity index (χ0v) is 9.84. The summed E-state index contributed by atoms with van der Waals surface area (Å²) in [5.41, 5.74) is -0.381. The minimum atomic E-state index is -0.930. The van der Waals surface area contributed by atoms with Gasteiger partial charge in [-0.3, -0.25) is 4.79 Å². The van der Waals surface area contributed by atoms with Gasteiger partial charge in [-0.05, 0) is 17.7 Å². The Bertz CT molecular complexity index is 454. The second kappa shape index (κ2) is 5.95. The summed E-state index contributed by atoms with van der Waals surface area (Å²) in [6.07, 6.45) is -0.707. The summed E-state index contributed by atoms with van der Waals surface area (Å²) in [6.45, 7) is 0.870. The lowest BCUT2D eigenvalue weighted by Gasteiger charge is -2.09. The van der Waals surface area contributed by atoms with Crippen molar-refractivity contribution in [2.24, 2.45) is 0 Å². The molecule has 2 N–H and O–H groups in total. The fourth-order valence-corrected chi connectivity index (χ4v) is 1.23. The van der Waals surface area contributed by atoms with Crippen LogP contribution < -0.4 is 10.6 Å². The number of hydrogen-bond acceptors (Lipinski definition) is 3. The van der Waals surface area contributed by atoms with E-state index in [9.17, 15) is 18.4 Å². The predicted molar refractivity (Wildman–Crippen MR) is 59.9 cm³/mol. The Morgan fingerprint density at radius 2 is 1.83 bits per heavy atom. The lowest BCUT2D eigenvalue weighted by atomic mass is 10.2. The van der Waals surface area contributed by atoms with Crippen molar-refractivity contribution in [3.63, 3.8) is 0 Å². The lowest BCUT2D eigenvalue weighted by molar-refractivity contribution is -0.114. The van der Waals surface area contributed by atoms with Crippen LogP contribution in [0.3, 0.4) is 0 Å². The Hall–Kier alpha value is -2.18. The fraction of sp³-hybridized carbons (Fsp3) is 0.273. The maximum Gasteiger partial charge on any atom is 0.407 e. The largest absolute Gasteiger partial charge is 0.445 e. The van der Waals surface area contributed by atoms with Gasteiger partial charge in [0.25, 0.3) is 0 Å². The molecule has 0 radical (unpaired) electrons. The molecule has 0 aromatic heterocycles. The van der Waals surface area contributed by atoms with Crippen LogP contribution in [0.25, 0.3) is 0 Å². The predicted octanol–water partition coefficient (Wildman–Crippen LogP) is 1.78. The van der Waals surface area contributed by atoms with Crippen LogP contribution in [0.4, 0.5) is 19.3 Å². The summed E-state index contributed by atoms with van der Waals surface area (Å²) in [5.74, 6) is -2.44. The van der Waals surface area contributed by atoms with Crippen LogP contribution in [-0.2, 0) is 16.1 Å². The van der Waals surface area contributed by atoms with Crippen LogP contribution in [0, 0.1) is 11.6 Å². The third kappa shape index (κ3) is 3.69. The van der Waals surface area contributed by atoms with Gasteiger partial charge in [-0.2, -0.15) is 0 Å². The van der Waals surface area contributed by atoms with Gasteiger partial charge in [-0.15, -0.1) is 0 Å². The number of alkyl carbamates (subject to hydrolysis) is 1. The van der Waals surface area contributed by atoms with Gasteiger partial charge in [0, 0.05) is 14.0 Å². The number of hydrogen-bond donors (Lipinski definition) is 2. The highest BCUT2D eigenvalue weighted by atomic mass is 19.1. The fourth-order valence-electron chi connectivity index (χ4n) is 1.23. The highest BCUT2D eigenvalue weighted by Crippen LogP contribution is 2.21. The summed E-state index contributed by atoms with van der Waals surface area (Å²) in [5, 5.41) is 4.23. The van der Waals surface area contributed by atoms with Gasteiger partial charge in [0.05, 0.1) is 0 Å². The molecule has 0 aliphatic rings. The van der Waals surface area contributed by atoms with Crippen molar-refractivity contribution in [2.45, 2.75) is 13.5 Å². The first-order valence-corrected chi connectivity index (χ1v) is 5.04. The Morgan fingerprint density at radius 1 is 1.28 bits per heavy atom. The lowest BCUT2D eigenvalue weighted by Crippen LogP contribution is -2.19. The van der Waals surface area contributed by atoms with Crippen molar-refractivity contribution >= 4 is 17.7 Å². The van der Waals surface area contributed by atoms with Crippen LogP contribution in [0.2, 0.25) is 0 Å². The molecule has 0 fully saturated rings. The maximum atomic E-state index is 13.5.